The lowest BCUT2D eigenvalue weighted by Gasteiger charge is -2.18. The van der Waals surface area contributed by atoms with Crippen LogP contribution in [0.15, 0.2) is 24.3 Å². The third-order valence-corrected chi connectivity index (χ3v) is 4.04. The predicted octanol–water partition coefficient (Wildman–Crippen LogP) is 1.02. The lowest BCUT2D eigenvalue weighted by Crippen LogP contribution is -2.34. The molecule has 0 bridgehead atoms. The summed E-state index contributed by atoms with van der Waals surface area (Å²) < 4.78 is 6.84. The number of aromatic nitrogens is 3. The van der Waals surface area contributed by atoms with E-state index in [4.69, 9.17) is 4.74 Å². The van der Waals surface area contributed by atoms with Crippen LogP contribution in [0, 0.1) is 6.92 Å². The molecule has 0 spiro atoms. The number of ether oxygens (including phenoxy) is 1. The summed E-state index contributed by atoms with van der Waals surface area (Å²) in [4.78, 5) is 14.5. The van der Waals surface area contributed by atoms with E-state index in [0.29, 0.717) is 12.2 Å². The molecule has 7 nitrogen and oxygen atoms in total. The largest absolute Gasteiger partial charge is 0.497 e. The Morgan fingerprint density at radius 3 is 2.74 bits per heavy atom. The molecule has 2 heterocycles. The van der Waals surface area contributed by atoms with Gasteiger partial charge >= 0.3 is 0 Å². The van der Waals surface area contributed by atoms with E-state index in [2.05, 4.69) is 15.6 Å². The molecule has 1 saturated heterocycles. The Kier molecular flexibility index (Phi) is 4.57. The van der Waals surface area contributed by atoms with Crippen LogP contribution in [0.2, 0.25) is 0 Å². The number of rotatable bonds is 3. The van der Waals surface area contributed by atoms with Crippen LogP contribution in [0.1, 0.15) is 22.6 Å². The third-order valence-electron chi connectivity index (χ3n) is 4.04. The number of hydrogen-bond acceptors (Lipinski definition) is 5. The first kappa shape index (κ1) is 15.5. The summed E-state index contributed by atoms with van der Waals surface area (Å²) in [6.45, 7) is 5.08. The van der Waals surface area contributed by atoms with E-state index in [0.717, 1.165) is 43.2 Å². The molecule has 0 unspecified atom stereocenters. The number of nitrogens with one attached hydrogen (secondary N) is 1. The Bertz CT molecular complexity index is 672. The molecule has 122 valence electrons. The quantitative estimate of drug-likeness (QED) is 0.915. The number of carbonyl (C=O) groups excluding carboxylic acids is 1. The van der Waals surface area contributed by atoms with Crippen LogP contribution in [0.3, 0.4) is 0 Å². The topological polar surface area (TPSA) is 72.3 Å². The second-order valence-electron chi connectivity index (χ2n) is 5.53. The summed E-state index contributed by atoms with van der Waals surface area (Å²) in [5.74, 6) is 0.728. The summed E-state index contributed by atoms with van der Waals surface area (Å²) in [6, 6.07) is 7.51. The molecule has 3 rings (SSSR count). The van der Waals surface area contributed by atoms with Gasteiger partial charge in [0.2, 0.25) is 0 Å². The highest BCUT2D eigenvalue weighted by molar-refractivity contribution is 5.93. The molecule has 2 aromatic rings. The van der Waals surface area contributed by atoms with Gasteiger partial charge in [0.15, 0.2) is 5.69 Å². The summed E-state index contributed by atoms with van der Waals surface area (Å²) >= 11 is 0. The molecular weight excluding hydrogens is 294 g/mol. The van der Waals surface area contributed by atoms with Gasteiger partial charge in [0, 0.05) is 19.6 Å². The SMILES string of the molecule is COc1ccc(-n2nnc(C(=O)N3CCCNCC3)c2C)cc1. The van der Waals surface area contributed by atoms with Crippen LogP contribution in [-0.2, 0) is 0 Å². The molecule has 1 aliphatic heterocycles. The molecular formula is C16H21N5O2. The van der Waals surface area contributed by atoms with Gasteiger partial charge in [0.05, 0.1) is 18.5 Å². The monoisotopic (exact) mass is 315 g/mol. The summed E-state index contributed by atoms with van der Waals surface area (Å²) in [6.07, 6.45) is 0.956. The maximum absolute atomic E-state index is 12.7. The fourth-order valence-electron chi connectivity index (χ4n) is 2.69. The second kappa shape index (κ2) is 6.78. The number of nitrogens with zero attached hydrogens (tertiary/aromatic N) is 4. The average Bonchev–Trinajstić information content (AvgIpc) is 2.79. The molecule has 1 aromatic carbocycles. The van der Waals surface area contributed by atoms with Crippen molar-refractivity contribution in [1.29, 1.82) is 0 Å². The van der Waals surface area contributed by atoms with E-state index in [1.807, 2.05) is 36.1 Å². The number of benzene rings is 1. The summed E-state index contributed by atoms with van der Waals surface area (Å²) in [5.41, 5.74) is 2.02. The highest BCUT2D eigenvalue weighted by atomic mass is 16.5. The van der Waals surface area contributed by atoms with Crippen LogP contribution >= 0.6 is 0 Å². The zero-order chi connectivity index (χ0) is 16.2. The number of hydrogen-bond donors (Lipinski definition) is 1. The van der Waals surface area contributed by atoms with Crippen LogP contribution in [0.4, 0.5) is 0 Å². The van der Waals surface area contributed by atoms with Gasteiger partial charge < -0.3 is 15.0 Å². The Balaban J connectivity index is 1.84. The van der Waals surface area contributed by atoms with Crippen LogP contribution in [-0.4, -0.2) is 59.1 Å². The molecule has 0 saturated carbocycles. The first-order valence-corrected chi connectivity index (χ1v) is 7.77. The van der Waals surface area contributed by atoms with Crippen molar-refractivity contribution in [2.45, 2.75) is 13.3 Å². The van der Waals surface area contributed by atoms with E-state index in [1.165, 1.54) is 0 Å². The first-order valence-electron chi connectivity index (χ1n) is 7.77. The predicted molar refractivity (Wildman–Crippen MR) is 86.0 cm³/mol. The minimum absolute atomic E-state index is 0.0500. The third kappa shape index (κ3) is 3.19. The fourth-order valence-corrected chi connectivity index (χ4v) is 2.69. The second-order valence-corrected chi connectivity index (χ2v) is 5.53. The van der Waals surface area contributed by atoms with Gasteiger partial charge in [0.25, 0.3) is 5.91 Å². The van der Waals surface area contributed by atoms with Crippen molar-refractivity contribution in [3.63, 3.8) is 0 Å². The lowest BCUT2D eigenvalue weighted by molar-refractivity contribution is 0.0759. The van der Waals surface area contributed by atoms with Gasteiger partial charge in [0.1, 0.15) is 5.75 Å². The standard InChI is InChI=1S/C16H21N5O2/c1-12-15(16(22)20-10-3-8-17-9-11-20)18-19-21(12)13-4-6-14(23-2)7-5-13/h4-7,17H,3,8-11H2,1-2H3. The van der Waals surface area contributed by atoms with E-state index in [-0.39, 0.29) is 5.91 Å². The maximum atomic E-state index is 12.7. The van der Waals surface area contributed by atoms with Gasteiger partial charge in [-0.15, -0.1) is 5.10 Å². The van der Waals surface area contributed by atoms with Crippen LogP contribution < -0.4 is 10.1 Å². The molecule has 1 amide bonds. The zero-order valence-electron chi connectivity index (χ0n) is 13.5. The van der Waals surface area contributed by atoms with Gasteiger partial charge in [-0.3, -0.25) is 4.79 Å². The number of methoxy groups -OCH3 is 1. The van der Waals surface area contributed by atoms with E-state index < -0.39 is 0 Å². The summed E-state index contributed by atoms with van der Waals surface area (Å²) in [5, 5.41) is 11.5. The first-order chi connectivity index (χ1) is 11.2. The molecule has 7 heteroatoms. The minimum atomic E-state index is -0.0500. The van der Waals surface area contributed by atoms with Gasteiger partial charge in [-0.25, -0.2) is 4.68 Å². The molecule has 1 fully saturated rings. The van der Waals surface area contributed by atoms with Crippen molar-refractivity contribution in [2.24, 2.45) is 0 Å². The van der Waals surface area contributed by atoms with Crippen molar-refractivity contribution in [2.75, 3.05) is 33.3 Å². The van der Waals surface area contributed by atoms with Crippen LogP contribution in [0.5, 0.6) is 5.75 Å². The highest BCUT2D eigenvalue weighted by Crippen LogP contribution is 2.17. The molecule has 23 heavy (non-hydrogen) atoms. The average molecular weight is 315 g/mol. The normalized spacial score (nSPS) is 15.3. The van der Waals surface area contributed by atoms with Crippen molar-refractivity contribution in [3.05, 3.63) is 35.7 Å². The molecule has 1 aromatic heterocycles. The minimum Gasteiger partial charge on any atom is -0.497 e. The summed E-state index contributed by atoms with van der Waals surface area (Å²) in [7, 11) is 1.63. The van der Waals surface area contributed by atoms with Crippen molar-refractivity contribution in [3.8, 4) is 11.4 Å². The lowest BCUT2D eigenvalue weighted by atomic mass is 10.2. The van der Waals surface area contributed by atoms with Crippen LogP contribution in [0.25, 0.3) is 5.69 Å². The van der Waals surface area contributed by atoms with Gasteiger partial charge in [-0.2, -0.15) is 0 Å². The highest BCUT2D eigenvalue weighted by Gasteiger charge is 2.23. The van der Waals surface area contributed by atoms with E-state index >= 15 is 0 Å². The smallest absolute Gasteiger partial charge is 0.276 e. The van der Waals surface area contributed by atoms with Crippen molar-refractivity contribution in [1.82, 2.24) is 25.2 Å². The molecule has 1 aliphatic rings. The number of carbonyl (C=O) groups is 1. The maximum Gasteiger partial charge on any atom is 0.276 e. The van der Waals surface area contributed by atoms with Crippen molar-refractivity contribution >= 4 is 5.91 Å². The molecule has 0 radical (unpaired) electrons. The Morgan fingerprint density at radius 1 is 1.22 bits per heavy atom. The van der Waals surface area contributed by atoms with Crippen molar-refractivity contribution < 1.29 is 9.53 Å². The number of amides is 1. The van der Waals surface area contributed by atoms with Gasteiger partial charge in [-0.05, 0) is 44.2 Å². The molecule has 0 atom stereocenters. The fraction of sp³-hybridized carbons (Fsp3) is 0.438. The van der Waals surface area contributed by atoms with Gasteiger partial charge in [-0.1, -0.05) is 5.21 Å². The van der Waals surface area contributed by atoms with E-state index in [9.17, 15) is 4.79 Å². The zero-order valence-corrected chi connectivity index (χ0v) is 13.5. The molecule has 0 aliphatic carbocycles. The van der Waals surface area contributed by atoms with E-state index in [1.54, 1.807) is 11.8 Å². The Hall–Kier alpha value is -2.41. The Labute approximate surface area is 135 Å². The Morgan fingerprint density at radius 2 is 2.00 bits per heavy atom. The molecule has 1 N–H and O–H groups in total.